The highest BCUT2D eigenvalue weighted by atomic mass is 16.5. The molecule has 3 aromatic rings. The van der Waals surface area contributed by atoms with Gasteiger partial charge in [-0.2, -0.15) is 4.98 Å². The zero-order valence-electron chi connectivity index (χ0n) is 18.4. The Morgan fingerprint density at radius 2 is 1.91 bits per heavy atom. The molecule has 1 fully saturated rings. The SMILES string of the molecule is COc1cc(N2CCC(Nc3ncc4c(n3)N(c3ccccc3)CC(C)O4)CC2)ccn1.[HH]. The zero-order chi connectivity index (χ0) is 21.9. The van der Waals surface area contributed by atoms with Crippen LogP contribution in [-0.4, -0.2) is 53.8 Å². The van der Waals surface area contributed by atoms with E-state index in [0.717, 1.165) is 55.4 Å². The number of fused-ring (bicyclic) bond motifs is 1. The lowest BCUT2D eigenvalue weighted by molar-refractivity contribution is 0.215. The molecule has 2 aromatic heterocycles. The summed E-state index contributed by atoms with van der Waals surface area (Å²) in [6.45, 7) is 4.72. The first-order valence-corrected chi connectivity index (χ1v) is 11.1. The minimum Gasteiger partial charge on any atom is -0.483 e. The third-order valence-corrected chi connectivity index (χ3v) is 5.95. The molecule has 0 amide bonds. The normalized spacial score (nSPS) is 18.6. The van der Waals surface area contributed by atoms with Crippen LogP contribution < -0.4 is 24.6 Å². The van der Waals surface area contributed by atoms with Gasteiger partial charge in [0.15, 0.2) is 11.6 Å². The topological polar surface area (TPSA) is 75.6 Å². The van der Waals surface area contributed by atoms with Gasteiger partial charge in [0.05, 0.1) is 19.9 Å². The first-order chi connectivity index (χ1) is 15.7. The van der Waals surface area contributed by atoms with Gasteiger partial charge in [-0.25, -0.2) is 9.97 Å². The Labute approximate surface area is 189 Å². The number of anilines is 4. The summed E-state index contributed by atoms with van der Waals surface area (Å²) in [7, 11) is 1.64. The van der Waals surface area contributed by atoms with Crippen LogP contribution in [0.15, 0.2) is 54.9 Å². The lowest BCUT2D eigenvalue weighted by Gasteiger charge is -2.35. The van der Waals surface area contributed by atoms with Gasteiger partial charge in [-0.05, 0) is 38.0 Å². The van der Waals surface area contributed by atoms with Gasteiger partial charge in [0.1, 0.15) is 6.10 Å². The minimum absolute atomic E-state index is 0. The molecule has 1 saturated heterocycles. The highest BCUT2D eigenvalue weighted by molar-refractivity contribution is 5.67. The van der Waals surface area contributed by atoms with Crippen molar-refractivity contribution in [2.24, 2.45) is 0 Å². The van der Waals surface area contributed by atoms with Crippen LogP contribution in [0.3, 0.4) is 0 Å². The van der Waals surface area contributed by atoms with Crippen molar-refractivity contribution in [3.05, 3.63) is 54.9 Å². The van der Waals surface area contributed by atoms with Gasteiger partial charge >= 0.3 is 0 Å². The van der Waals surface area contributed by atoms with E-state index >= 15 is 0 Å². The fourth-order valence-electron chi connectivity index (χ4n) is 4.31. The number of aromatic nitrogens is 3. The van der Waals surface area contributed by atoms with Crippen molar-refractivity contribution in [1.82, 2.24) is 15.0 Å². The molecule has 1 aromatic carbocycles. The maximum atomic E-state index is 5.99. The average molecular weight is 435 g/mol. The smallest absolute Gasteiger partial charge is 0.225 e. The first kappa shape index (κ1) is 20.4. The molecule has 2 aliphatic heterocycles. The zero-order valence-corrected chi connectivity index (χ0v) is 18.4. The van der Waals surface area contributed by atoms with E-state index in [1.165, 1.54) is 0 Å². The summed E-state index contributed by atoms with van der Waals surface area (Å²) in [4.78, 5) is 18.1. The summed E-state index contributed by atoms with van der Waals surface area (Å²) >= 11 is 0. The molecule has 0 radical (unpaired) electrons. The number of pyridine rings is 1. The number of benzene rings is 1. The van der Waals surface area contributed by atoms with Crippen LogP contribution in [0.2, 0.25) is 0 Å². The Kier molecular flexibility index (Phi) is 5.66. The van der Waals surface area contributed by atoms with E-state index in [1.807, 2.05) is 30.3 Å². The Hall–Kier alpha value is -3.55. The largest absolute Gasteiger partial charge is 0.483 e. The van der Waals surface area contributed by atoms with Crippen molar-refractivity contribution < 1.29 is 10.9 Å². The summed E-state index contributed by atoms with van der Waals surface area (Å²) in [6, 6.07) is 14.6. The fourth-order valence-corrected chi connectivity index (χ4v) is 4.31. The molecular formula is C24H30N6O2. The van der Waals surface area contributed by atoms with E-state index in [1.54, 1.807) is 19.5 Å². The van der Waals surface area contributed by atoms with Crippen molar-refractivity contribution >= 4 is 23.1 Å². The monoisotopic (exact) mass is 434 g/mol. The van der Waals surface area contributed by atoms with E-state index in [4.69, 9.17) is 14.5 Å². The molecule has 1 unspecified atom stereocenters. The number of rotatable bonds is 5. The molecule has 168 valence electrons. The molecular weight excluding hydrogens is 404 g/mol. The highest BCUT2D eigenvalue weighted by Crippen LogP contribution is 2.36. The van der Waals surface area contributed by atoms with Crippen LogP contribution in [0.5, 0.6) is 11.6 Å². The second kappa shape index (κ2) is 8.90. The van der Waals surface area contributed by atoms with Crippen molar-refractivity contribution in [3.63, 3.8) is 0 Å². The maximum absolute atomic E-state index is 5.99. The predicted octanol–water partition coefficient (Wildman–Crippen LogP) is 4.13. The number of para-hydroxylation sites is 1. The minimum atomic E-state index is 0. The number of nitrogens with one attached hydrogen (secondary N) is 1. The van der Waals surface area contributed by atoms with E-state index in [0.29, 0.717) is 17.9 Å². The molecule has 1 N–H and O–H groups in total. The van der Waals surface area contributed by atoms with Crippen molar-refractivity contribution in [3.8, 4) is 11.6 Å². The third kappa shape index (κ3) is 4.26. The van der Waals surface area contributed by atoms with Crippen molar-refractivity contribution in [2.45, 2.75) is 31.9 Å². The Bertz CT molecular complexity index is 1060. The molecule has 32 heavy (non-hydrogen) atoms. The van der Waals surface area contributed by atoms with Crippen LogP contribution in [0, 0.1) is 0 Å². The summed E-state index contributed by atoms with van der Waals surface area (Å²) in [5.41, 5.74) is 2.25. The van der Waals surface area contributed by atoms with Crippen LogP contribution >= 0.6 is 0 Å². The Morgan fingerprint density at radius 1 is 1.09 bits per heavy atom. The summed E-state index contributed by atoms with van der Waals surface area (Å²) in [5, 5.41) is 3.54. The standard InChI is InChI=1S/C24H28N6O2.H2/c1-17-16-30(19-6-4-3-5-7-19)23-21(32-17)15-26-24(28-23)27-18-9-12-29(13-10-18)20-8-11-25-22(14-20)31-2;/h3-8,11,14-15,17-18H,9-10,12-13,16H2,1-2H3,(H,26,27,28);1H. The quantitative estimate of drug-likeness (QED) is 0.643. The second-order valence-electron chi connectivity index (χ2n) is 8.22. The van der Waals surface area contributed by atoms with Crippen LogP contribution in [0.25, 0.3) is 0 Å². The summed E-state index contributed by atoms with van der Waals surface area (Å²) in [5.74, 6) is 2.82. The molecule has 8 heteroatoms. The van der Waals surface area contributed by atoms with Gasteiger partial charge in [0.2, 0.25) is 11.8 Å². The van der Waals surface area contributed by atoms with Gasteiger partial charge in [0.25, 0.3) is 0 Å². The Balaban J connectivity index is 0.00000259. The summed E-state index contributed by atoms with van der Waals surface area (Å²) in [6.07, 6.45) is 5.65. The van der Waals surface area contributed by atoms with E-state index in [2.05, 4.69) is 44.1 Å². The van der Waals surface area contributed by atoms with E-state index in [-0.39, 0.29) is 7.53 Å². The number of piperidine rings is 1. The molecule has 5 rings (SSSR count). The summed E-state index contributed by atoms with van der Waals surface area (Å²) < 4.78 is 11.3. The molecule has 0 aliphatic carbocycles. The highest BCUT2D eigenvalue weighted by Gasteiger charge is 2.27. The average Bonchev–Trinajstić information content (AvgIpc) is 2.85. The van der Waals surface area contributed by atoms with Crippen LogP contribution in [0.4, 0.5) is 23.1 Å². The molecule has 2 aliphatic rings. The fraction of sp³-hybridized carbons (Fsp3) is 0.375. The number of ether oxygens (including phenoxy) is 2. The lowest BCUT2D eigenvalue weighted by atomic mass is 10.0. The van der Waals surface area contributed by atoms with Crippen molar-refractivity contribution in [1.29, 1.82) is 0 Å². The Morgan fingerprint density at radius 3 is 2.69 bits per heavy atom. The molecule has 0 saturated carbocycles. The third-order valence-electron chi connectivity index (χ3n) is 5.95. The van der Waals surface area contributed by atoms with E-state index < -0.39 is 0 Å². The van der Waals surface area contributed by atoms with E-state index in [9.17, 15) is 0 Å². The van der Waals surface area contributed by atoms with Crippen LogP contribution in [-0.2, 0) is 0 Å². The number of hydrogen-bond acceptors (Lipinski definition) is 8. The molecule has 1 atom stereocenters. The van der Waals surface area contributed by atoms with Gasteiger partial charge in [-0.3, -0.25) is 0 Å². The number of hydrogen-bond donors (Lipinski definition) is 1. The van der Waals surface area contributed by atoms with Gasteiger partial charge in [0, 0.05) is 44.2 Å². The molecule has 4 heterocycles. The van der Waals surface area contributed by atoms with Crippen LogP contribution in [0.1, 0.15) is 21.2 Å². The van der Waals surface area contributed by atoms with Gasteiger partial charge in [-0.15, -0.1) is 0 Å². The second-order valence-corrected chi connectivity index (χ2v) is 8.22. The molecule has 8 nitrogen and oxygen atoms in total. The molecule has 0 spiro atoms. The first-order valence-electron chi connectivity index (χ1n) is 11.1. The number of nitrogens with zero attached hydrogens (tertiary/aromatic N) is 5. The lowest BCUT2D eigenvalue weighted by Crippen LogP contribution is -2.40. The number of methoxy groups -OCH3 is 1. The predicted molar refractivity (Wildman–Crippen MR) is 127 cm³/mol. The van der Waals surface area contributed by atoms with Crippen molar-refractivity contribution in [2.75, 3.05) is 41.9 Å². The molecule has 0 bridgehead atoms. The maximum Gasteiger partial charge on any atom is 0.225 e. The van der Waals surface area contributed by atoms with Gasteiger partial charge in [-0.1, -0.05) is 18.2 Å². The van der Waals surface area contributed by atoms with Gasteiger partial charge < -0.3 is 24.6 Å².